The molecule has 26 heavy (non-hydrogen) atoms. The molecule has 2 aliphatic heterocycles. The van der Waals surface area contributed by atoms with Gasteiger partial charge in [0.05, 0.1) is 6.04 Å². The highest BCUT2D eigenvalue weighted by Crippen LogP contribution is 2.19. The fraction of sp³-hybridized carbons (Fsp3) is 0.550. The molecule has 140 valence electrons. The Balaban J connectivity index is 1.31. The van der Waals surface area contributed by atoms with Gasteiger partial charge in [0.2, 0.25) is 5.91 Å². The Morgan fingerprint density at radius 2 is 1.92 bits per heavy atom. The number of nitrogens with two attached hydrogens (primary N) is 1. The van der Waals surface area contributed by atoms with E-state index >= 15 is 0 Å². The molecular formula is C20H29N5O. The number of H-pyrrole nitrogens is 1. The van der Waals surface area contributed by atoms with Gasteiger partial charge >= 0.3 is 0 Å². The number of piperidine rings is 1. The van der Waals surface area contributed by atoms with Crippen LogP contribution in [0.15, 0.2) is 30.5 Å². The third kappa shape index (κ3) is 3.77. The SMILES string of the molecule is NC(Cc1ccc2[nH]ccc2c1)C(=O)N1CCC(N2CCNCC2)CC1. The van der Waals surface area contributed by atoms with Gasteiger partial charge in [0, 0.05) is 57.0 Å². The molecule has 1 amide bonds. The predicted octanol–water partition coefficient (Wildman–Crippen LogP) is 0.934. The van der Waals surface area contributed by atoms with E-state index in [1.165, 1.54) is 5.39 Å². The fourth-order valence-corrected chi connectivity index (χ4v) is 4.30. The zero-order valence-electron chi connectivity index (χ0n) is 15.3. The van der Waals surface area contributed by atoms with Crippen LogP contribution in [0.3, 0.4) is 0 Å². The van der Waals surface area contributed by atoms with Crippen molar-refractivity contribution >= 4 is 16.8 Å². The third-order valence-corrected chi connectivity index (χ3v) is 5.83. The summed E-state index contributed by atoms with van der Waals surface area (Å²) in [5, 5.41) is 4.57. The van der Waals surface area contributed by atoms with Crippen molar-refractivity contribution in [1.29, 1.82) is 0 Å². The van der Waals surface area contributed by atoms with Gasteiger partial charge in [-0.25, -0.2) is 0 Å². The number of rotatable bonds is 4. The minimum Gasteiger partial charge on any atom is -0.361 e. The quantitative estimate of drug-likeness (QED) is 0.763. The van der Waals surface area contributed by atoms with Crippen LogP contribution < -0.4 is 11.1 Å². The van der Waals surface area contributed by atoms with Gasteiger partial charge in [0.15, 0.2) is 0 Å². The van der Waals surface area contributed by atoms with Crippen molar-refractivity contribution in [3.63, 3.8) is 0 Å². The zero-order valence-corrected chi connectivity index (χ0v) is 15.3. The summed E-state index contributed by atoms with van der Waals surface area (Å²) in [4.78, 5) is 20.5. The van der Waals surface area contributed by atoms with Crippen LogP contribution >= 0.6 is 0 Å². The van der Waals surface area contributed by atoms with Gasteiger partial charge < -0.3 is 20.9 Å². The Kier molecular flexibility index (Phi) is 5.24. The summed E-state index contributed by atoms with van der Waals surface area (Å²) in [5.74, 6) is 0.0953. The maximum absolute atomic E-state index is 12.8. The number of hydrogen-bond donors (Lipinski definition) is 3. The van der Waals surface area contributed by atoms with Crippen molar-refractivity contribution in [2.24, 2.45) is 5.73 Å². The van der Waals surface area contributed by atoms with E-state index in [1.54, 1.807) is 0 Å². The molecule has 2 aromatic rings. The summed E-state index contributed by atoms with van der Waals surface area (Å²) in [5.41, 5.74) is 8.49. The first-order valence-electron chi connectivity index (χ1n) is 9.76. The van der Waals surface area contributed by atoms with E-state index in [0.29, 0.717) is 12.5 Å². The molecule has 4 N–H and O–H groups in total. The topological polar surface area (TPSA) is 77.4 Å². The molecule has 6 nitrogen and oxygen atoms in total. The van der Waals surface area contributed by atoms with Gasteiger partial charge in [-0.3, -0.25) is 9.69 Å². The van der Waals surface area contributed by atoms with Crippen molar-refractivity contribution in [1.82, 2.24) is 20.1 Å². The maximum Gasteiger partial charge on any atom is 0.239 e. The number of aromatic nitrogens is 1. The Labute approximate surface area is 154 Å². The summed E-state index contributed by atoms with van der Waals surface area (Å²) < 4.78 is 0. The Morgan fingerprint density at radius 1 is 1.15 bits per heavy atom. The lowest BCUT2D eigenvalue weighted by atomic mass is 9.99. The first kappa shape index (κ1) is 17.5. The molecule has 0 spiro atoms. The van der Waals surface area contributed by atoms with E-state index in [-0.39, 0.29) is 5.91 Å². The van der Waals surface area contributed by atoms with Gasteiger partial charge in [-0.2, -0.15) is 0 Å². The van der Waals surface area contributed by atoms with Crippen LogP contribution in [0.1, 0.15) is 18.4 Å². The van der Waals surface area contributed by atoms with Crippen LogP contribution in [0.4, 0.5) is 0 Å². The molecule has 0 bridgehead atoms. The number of nitrogens with one attached hydrogen (secondary N) is 2. The molecule has 1 aromatic heterocycles. The molecule has 0 radical (unpaired) electrons. The monoisotopic (exact) mass is 355 g/mol. The normalized spacial score (nSPS) is 21.2. The van der Waals surface area contributed by atoms with Crippen LogP contribution in [0, 0.1) is 0 Å². The van der Waals surface area contributed by atoms with E-state index in [4.69, 9.17) is 5.73 Å². The van der Waals surface area contributed by atoms with Gasteiger partial charge in [-0.15, -0.1) is 0 Å². The lowest BCUT2D eigenvalue weighted by molar-refractivity contribution is -0.134. The highest BCUT2D eigenvalue weighted by atomic mass is 16.2. The van der Waals surface area contributed by atoms with E-state index in [9.17, 15) is 4.79 Å². The van der Waals surface area contributed by atoms with Gasteiger partial charge in [0.1, 0.15) is 0 Å². The van der Waals surface area contributed by atoms with Crippen molar-refractivity contribution < 1.29 is 4.79 Å². The number of aromatic amines is 1. The lowest BCUT2D eigenvalue weighted by Gasteiger charge is -2.40. The van der Waals surface area contributed by atoms with Crippen molar-refractivity contribution in [3.05, 3.63) is 36.0 Å². The van der Waals surface area contributed by atoms with E-state index in [1.807, 2.05) is 17.2 Å². The van der Waals surface area contributed by atoms with Crippen LogP contribution in [-0.4, -0.2) is 72.0 Å². The number of fused-ring (bicyclic) bond motifs is 1. The number of piperazine rings is 1. The number of amides is 1. The molecule has 0 aliphatic carbocycles. The summed E-state index contributed by atoms with van der Waals surface area (Å²) in [6.45, 7) is 6.07. The number of likely N-dealkylation sites (tertiary alicyclic amines) is 1. The second-order valence-corrected chi connectivity index (χ2v) is 7.55. The largest absolute Gasteiger partial charge is 0.361 e. The highest BCUT2D eigenvalue weighted by Gasteiger charge is 2.29. The molecule has 2 fully saturated rings. The summed E-state index contributed by atoms with van der Waals surface area (Å²) in [6, 6.07) is 8.45. The Bertz CT molecular complexity index is 743. The maximum atomic E-state index is 12.8. The number of benzene rings is 1. The zero-order chi connectivity index (χ0) is 17.9. The molecule has 0 saturated carbocycles. The molecule has 1 atom stereocenters. The molecule has 6 heteroatoms. The van der Waals surface area contributed by atoms with Crippen LogP contribution in [0.25, 0.3) is 10.9 Å². The van der Waals surface area contributed by atoms with Crippen LogP contribution in [-0.2, 0) is 11.2 Å². The molecule has 3 heterocycles. The molecular weight excluding hydrogens is 326 g/mol. The first-order valence-corrected chi connectivity index (χ1v) is 9.76. The highest BCUT2D eigenvalue weighted by molar-refractivity contribution is 5.83. The number of carbonyl (C=O) groups excluding carboxylic acids is 1. The van der Waals surface area contributed by atoms with Crippen molar-refractivity contribution in [2.45, 2.75) is 31.3 Å². The lowest BCUT2D eigenvalue weighted by Crippen LogP contribution is -2.54. The first-order chi connectivity index (χ1) is 12.7. The number of nitrogens with zero attached hydrogens (tertiary/aromatic N) is 2. The second-order valence-electron chi connectivity index (χ2n) is 7.55. The van der Waals surface area contributed by atoms with E-state index < -0.39 is 6.04 Å². The Morgan fingerprint density at radius 3 is 2.69 bits per heavy atom. The molecule has 1 unspecified atom stereocenters. The molecule has 1 aromatic carbocycles. The number of hydrogen-bond acceptors (Lipinski definition) is 4. The summed E-state index contributed by atoms with van der Waals surface area (Å²) >= 11 is 0. The average molecular weight is 355 g/mol. The number of carbonyl (C=O) groups is 1. The van der Waals surface area contributed by atoms with Crippen LogP contribution in [0.5, 0.6) is 0 Å². The van der Waals surface area contributed by atoms with Gasteiger partial charge in [-0.1, -0.05) is 6.07 Å². The van der Waals surface area contributed by atoms with Crippen molar-refractivity contribution in [2.75, 3.05) is 39.3 Å². The summed E-state index contributed by atoms with van der Waals surface area (Å²) in [7, 11) is 0. The molecule has 2 aliphatic rings. The van der Waals surface area contributed by atoms with Crippen LogP contribution in [0.2, 0.25) is 0 Å². The second kappa shape index (κ2) is 7.78. The fourth-order valence-electron chi connectivity index (χ4n) is 4.30. The molecule has 2 saturated heterocycles. The summed E-state index contributed by atoms with van der Waals surface area (Å²) in [6.07, 6.45) is 4.65. The standard InChI is InChI=1S/C20H29N5O/c21-18(14-15-1-2-19-16(13-15)3-6-23-19)20(26)25-9-4-17(5-10-25)24-11-7-22-8-12-24/h1-3,6,13,17-18,22-23H,4-5,7-12,14,21H2. The smallest absolute Gasteiger partial charge is 0.239 e. The minimum atomic E-state index is -0.456. The van der Waals surface area contributed by atoms with E-state index in [0.717, 1.165) is 63.2 Å². The van der Waals surface area contributed by atoms with Gasteiger partial charge in [-0.05, 0) is 48.4 Å². The van der Waals surface area contributed by atoms with Crippen molar-refractivity contribution in [3.8, 4) is 0 Å². The third-order valence-electron chi connectivity index (χ3n) is 5.83. The Hall–Kier alpha value is -1.89. The minimum absolute atomic E-state index is 0.0953. The van der Waals surface area contributed by atoms with E-state index in [2.05, 4.69) is 33.4 Å². The van der Waals surface area contributed by atoms with Gasteiger partial charge in [0.25, 0.3) is 0 Å². The average Bonchev–Trinajstić information content (AvgIpc) is 3.16. The predicted molar refractivity (Wildman–Crippen MR) is 104 cm³/mol. The molecule has 4 rings (SSSR count).